The minimum Gasteiger partial charge on any atom is -0.397 e. The van der Waals surface area contributed by atoms with Crippen molar-refractivity contribution in [2.45, 2.75) is 51.5 Å². The molecule has 1 atom stereocenters. The number of rotatable bonds is 10. The molecule has 1 aromatic carbocycles. The summed E-state index contributed by atoms with van der Waals surface area (Å²) in [6, 6.07) is 8.04. The lowest BCUT2D eigenvalue weighted by Gasteiger charge is -2.33. The van der Waals surface area contributed by atoms with E-state index in [2.05, 4.69) is 27.1 Å². The average molecular weight is 505 g/mol. The third-order valence-electron chi connectivity index (χ3n) is 5.80. The normalized spacial score (nSPS) is 15.4. The van der Waals surface area contributed by atoms with Gasteiger partial charge in [0.25, 0.3) is 0 Å². The second-order valence-electron chi connectivity index (χ2n) is 8.17. The van der Waals surface area contributed by atoms with Crippen molar-refractivity contribution >= 4 is 40.4 Å². The van der Waals surface area contributed by atoms with Crippen LogP contribution in [0.1, 0.15) is 43.2 Å². The van der Waals surface area contributed by atoms with Gasteiger partial charge in [-0.2, -0.15) is 0 Å². The maximum atomic E-state index is 12.2. The van der Waals surface area contributed by atoms with Crippen molar-refractivity contribution in [2.24, 2.45) is 0 Å². The van der Waals surface area contributed by atoms with E-state index in [1.807, 2.05) is 29.8 Å². The van der Waals surface area contributed by atoms with Gasteiger partial charge in [-0.25, -0.2) is 14.8 Å². The summed E-state index contributed by atoms with van der Waals surface area (Å²) in [6.07, 6.45) is 7.68. The number of carbonyl (C=O) groups excluding carboxylic acids is 1. The van der Waals surface area contributed by atoms with Gasteiger partial charge in [-0.15, -0.1) is 11.3 Å². The standard InChI is InChI=1S/C24H29ClN4O2S2/c1-2-12-29(19-9-10-20-21(14-19)32-16-28-20)13-4-3-11-26-24(30)31-22-15-27-23(33-22)17-5-7-18(25)8-6-17/h5-8,15-16,19H,2-4,9-14H2,1H3,(H,26,30). The zero-order valence-corrected chi connectivity index (χ0v) is 21.1. The number of nitrogens with zero attached hydrogens (tertiary/aromatic N) is 3. The number of amides is 1. The first-order chi connectivity index (χ1) is 16.1. The number of nitrogens with one attached hydrogen (secondary N) is 1. The number of fused-ring (bicyclic) bond motifs is 1. The Morgan fingerprint density at radius 1 is 1.24 bits per heavy atom. The molecule has 0 bridgehead atoms. The Bertz CT molecular complexity index is 1040. The zero-order chi connectivity index (χ0) is 23.0. The van der Waals surface area contributed by atoms with Gasteiger partial charge >= 0.3 is 6.09 Å². The molecule has 33 heavy (non-hydrogen) atoms. The molecule has 1 unspecified atom stereocenters. The van der Waals surface area contributed by atoms with Crippen molar-refractivity contribution in [3.8, 4) is 15.6 Å². The van der Waals surface area contributed by atoms with Crippen molar-refractivity contribution in [1.82, 2.24) is 20.2 Å². The van der Waals surface area contributed by atoms with Gasteiger partial charge in [0.2, 0.25) is 5.06 Å². The Labute approximate surface area is 208 Å². The fraction of sp³-hybridized carbons (Fsp3) is 0.458. The second kappa shape index (κ2) is 11.9. The Morgan fingerprint density at radius 3 is 2.91 bits per heavy atom. The Kier molecular flexibility index (Phi) is 8.72. The maximum absolute atomic E-state index is 12.2. The lowest BCUT2D eigenvalue weighted by molar-refractivity contribution is 0.176. The molecule has 1 aliphatic rings. The topological polar surface area (TPSA) is 67.4 Å². The maximum Gasteiger partial charge on any atom is 0.413 e. The highest BCUT2D eigenvalue weighted by Crippen LogP contribution is 2.31. The van der Waals surface area contributed by atoms with Crippen LogP contribution in [0.4, 0.5) is 4.79 Å². The van der Waals surface area contributed by atoms with Crippen LogP contribution in [0.2, 0.25) is 5.02 Å². The Balaban J connectivity index is 1.16. The Morgan fingerprint density at radius 2 is 2.09 bits per heavy atom. The predicted molar refractivity (Wildman–Crippen MR) is 136 cm³/mol. The number of aromatic nitrogens is 2. The smallest absolute Gasteiger partial charge is 0.397 e. The van der Waals surface area contributed by atoms with E-state index in [1.54, 1.807) is 17.5 Å². The molecule has 0 saturated carbocycles. The third-order valence-corrected chi connectivity index (χ3v) is 7.87. The van der Waals surface area contributed by atoms with Crippen molar-refractivity contribution in [1.29, 1.82) is 0 Å². The van der Waals surface area contributed by atoms with Crippen LogP contribution >= 0.6 is 34.3 Å². The first-order valence-corrected chi connectivity index (χ1v) is 13.5. The number of hydrogen-bond acceptors (Lipinski definition) is 7. The minimum absolute atomic E-state index is 0.434. The van der Waals surface area contributed by atoms with E-state index in [-0.39, 0.29) is 0 Å². The molecular formula is C24H29ClN4O2S2. The molecule has 176 valence electrons. The molecule has 2 aromatic heterocycles. The van der Waals surface area contributed by atoms with Gasteiger partial charge in [-0.05, 0) is 63.7 Å². The lowest BCUT2D eigenvalue weighted by atomic mass is 9.96. The van der Waals surface area contributed by atoms with Crippen LogP contribution in [0.3, 0.4) is 0 Å². The summed E-state index contributed by atoms with van der Waals surface area (Å²) in [5, 5.41) is 4.80. The van der Waals surface area contributed by atoms with Crippen LogP contribution in [0.15, 0.2) is 36.0 Å². The highest BCUT2D eigenvalue weighted by Gasteiger charge is 2.25. The molecular weight excluding hydrogens is 476 g/mol. The molecule has 0 saturated heterocycles. The summed E-state index contributed by atoms with van der Waals surface area (Å²) < 4.78 is 5.39. The van der Waals surface area contributed by atoms with Crippen LogP contribution in [0.5, 0.6) is 5.06 Å². The fourth-order valence-corrected chi connectivity index (χ4v) is 5.93. The molecule has 1 aliphatic carbocycles. The number of unbranched alkanes of at least 4 members (excludes halogenated alkanes) is 1. The number of benzene rings is 1. The van der Waals surface area contributed by atoms with Crippen LogP contribution in [-0.4, -0.2) is 46.6 Å². The molecule has 0 fully saturated rings. The van der Waals surface area contributed by atoms with Gasteiger partial charge in [0.05, 0.1) is 17.4 Å². The van der Waals surface area contributed by atoms with E-state index in [0.717, 1.165) is 55.8 Å². The Hall–Kier alpha value is -2.00. The van der Waals surface area contributed by atoms with Crippen molar-refractivity contribution < 1.29 is 9.53 Å². The largest absolute Gasteiger partial charge is 0.413 e. The molecule has 0 spiro atoms. The van der Waals surface area contributed by atoms with E-state index < -0.39 is 6.09 Å². The highest BCUT2D eigenvalue weighted by atomic mass is 35.5. The van der Waals surface area contributed by atoms with E-state index in [4.69, 9.17) is 16.3 Å². The fourth-order valence-electron chi connectivity index (χ4n) is 4.15. The van der Waals surface area contributed by atoms with Crippen LogP contribution in [-0.2, 0) is 12.8 Å². The van der Waals surface area contributed by atoms with E-state index >= 15 is 0 Å². The summed E-state index contributed by atoms with van der Waals surface area (Å²) in [4.78, 5) is 25.1. The molecule has 4 rings (SSSR count). The summed E-state index contributed by atoms with van der Waals surface area (Å²) >= 11 is 9.06. The molecule has 9 heteroatoms. The van der Waals surface area contributed by atoms with Gasteiger partial charge in [0.15, 0.2) is 0 Å². The highest BCUT2D eigenvalue weighted by molar-refractivity contribution is 7.16. The third kappa shape index (κ3) is 6.76. The summed E-state index contributed by atoms with van der Waals surface area (Å²) in [6.45, 7) is 5.02. The van der Waals surface area contributed by atoms with E-state index in [1.165, 1.54) is 28.3 Å². The number of thiazole rings is 2. The second-order valence-corrected chi connectivity index (χ2v) is 10.5. The van der Waals surface area contributed by atoms with Gasteiger partial charge in [0, 0.05) is 28.0 Å². The lowest BCUT2D eigenvalue weighted by Crippen LogP contribution is -2.40. The summed E-state index contributed by atoms with van der Waals surface area (Å²) in [5.74, 6) is 0. The molecule has 6 nitrogen and oxygen atoms in total. The van der Waals surface area contributed by atoms with Gasteiger partial charge < -0.3 is 15.0 Å². The summed E-state index contributed by atoms with van der Waals surface area (Å²) in [5.41, 5.74) is 4.23. The monoisotopic (exact) mass is 504 g/mol. The SMILES string of the molecule is CCCN(CCCCNC(=O)Oc1cnc(-c2ccc(Cl)cc2)s1)C1CCc2ncsc2C1. The van der Waals surface area contributed by atoms with Crippen molar-refractivity contribution in [3.63, 3.8) is 0 Å². The van der Waals surface area contributed by atoms with E-state index in [9.17, 15) is 4.79 Å². The van der Waals surface area contributed by atoms with Crippen LogP contribution < -0.4 is 10.1 Å². The molecule has 0 aliphatic heterocycles. The first kappa shape index (κ1) is 24.1. The van der Waals surface area contributed by atoms with Crippen LogP contribution in [0.25, 0.3) is 10.6 Å². The van der Waals surface area contributed by atoms with Gasteiger partial charge in [-0.1, -0.05) is 42.0 Å². The first-order valence-electron chi connectivity index (χ1n) is 11.4. The molecule has 1 N–H and O–H groups in total. The number of halogens is 1. The predicted octanol–water partition coefficient (Wildman–Crippen LogP) is 6.06. The molecule has 0 radical (unpaired) electrons. The molecule has 3 aromatic rings. The van der Waals surface area contributed by atoms with Gasteiger partial charge in [-0.3, -0.25) is 0 Å². The molecule has 1 amide bonds. The van der Waals surface area contributed by atoms with Gasteiger partial charge in [0.1, 0.15) is 5.01 Å². The number of hydrogen-bond donors (Lipinski definition) is 1. The van der Waals surface area contributed by atoms with Crippen molar-refractivity contribution in [2.75, 3.05) is 19.6 Å². The van der Waals surface area contributed by atoms with E-state index in [0.29, 0.717) is 22.7 Å². The van der Waals surface area contributed by atoms with Crippen LogP contribution in [0, 0.1) is 0 Å². The number of aryl methyl sites for hydroxylation is 1. The van der Waals surface area contributed by atoms with Crippen molar-refractivity contribution in [3.05, 3.63) is 51.6 Å². The number of ether oxygens (including phenoxy) is 1. The molecule has 2 heterocycles. The summed E-state index contributed by atoms with van der Waals surface area (Å²) in [7, 11) is 0. The zero-order valence-electron chi connectivity index (χ0n) is 18.8. The minimum atomic E-state index is -0.434. The number of carbonyl (C=O) groups is 1. The quantitative estimate of drug-likeness (QED) is 0.340. The average Bonchev–Trinajstić information content (AvgIpc) is 3.47.